The Hall–Kier alpha value is -2.53. The molecule has 0 fully saturated rings. The highest BCUT2D eigenvalue weighted by Crippen LogP contribution is 2.40. The fourth-order valence-electron chi connectivity index (χ4n) is 3.19. The Labute approximate surface area is 207 Å². The topological polar surface area (TPSA) is 100 Å². The van der Waals surface area contributed by atoms with Gasteiger partial charge < -0.3 is 8.95 Å². The molecule has 9 nitrogen and oxygen atoms in total. The van der Waals surface area contributed by atoms with E-state index < -0.39 is 8.32 Å². The summed E-state index contributed by atoms with van der Waals surface area (Å²) in [4.78, 5) is 17.2. The number of halogens is 2. The molecule has 180 valence electrons. The molecule has 3 heterocycles. The van der Waals surface area contributed by atoms with Gasteiger partial charge >= 0.3 is 0 Å². The second kappa shape index (κ2) is 9.25. The molecule has 0 unspecified atom stereocenters. The molecule has 0 saturated heterocycles. The minimum Gasteiger partial charge on any atom is -0.409 e. The first-order valence-electron chi connectivity index (χ1n) is 10.8. The number of nitrogens with zero attached hydrogens (tertiary/aromatic N) is 6. The summed E-state index contributed by atoms with van der Waals surface area (Å²) >= 11 is 12.2. The van der Waals surface area contributed by atoms with Crippen LogP contribution in [0.1, 0.15) is 44.2 Å². The van der Waals surface area contributed by atoms with Crippen LogP contribution in [0.25, 0.3) is 5.52 Å². The Morgan fingerprint density at radius 1 is 1.15 bits per heavy atom. The molecule has 0 radical (unpaired) electrons. The van der Waals surface area contributed by atoms with Gasteiger partial charge in [-0.15, -0.1) is 9.73 Å². The van der Waals surface area contributed by atoms with Gasteiger partial charge in [0.25, 0.3) is 5.56 Å². The molecular weight excluding hydrogens is 495 g/mol. The van der Waals surface area contributed by atoms with Gasteiger partial charge in [0.15, 0.2) is 19.7 Å². The zero-order valence-corrected chi connectivity index (χ0v) is 22.1. The normalized spacial score (nSPS) is 13.5. The number of benzene rings is 1. The van der Waals surface area contributed by atoms with E-state index in [1.165, 1.54) is 21.7 Å². The van der Waals surface area contributed by atoms with Gasteiger partial charge in [-0.3, -0.25) is 9.36 Å². The average Bonchev–Trinajstić information content (AvgIpc) is 3.36. The molecule has 1 aromatic carbocycles. The van der Waals surface area contributed by atoms with Crippen LogP contribution in [0.2, 0.25) is 28.2 Å². The highest BCUT2D eigenvalue weighted by molar-refractivity contribution is 6.74. The standard InChI is InChI=1S/C22H26Cl2N6O3Si/c1-22(2,3)34(4,5)33-17(14-6-8-15(23)9-7-14)10-19-27-18(28-32-19)12-29-13-26-30-20(21(29)31)16(24)11-25-30/h6-9,11,13,17H,10,12H2,1-5H3/t17-/m0/s1. The predicted octanol–water partition coefficient (Wildman–Crippen LogP) is 4.93. The van der Waals surface area contributed by atoms with Crippen molar-refractivity contribution in [1.82, 2.24) is 29.5 Å². The summed E-state index contributed by atoms with van der Waals surface area (Å²) < 4.78 is 14.8. The minimum atomic E-state index is -2.10. The van der Waals surface area contributed by atoms with E-state index in [-0.39, 0.29) is 33.8 Å². The molecule has 12 heteroatoms. The van der Waals surface area contributed by atoms with Gasteiger partial charge in [-0.25, -0.2) is 0 Å². The molecule has 0 bridgehead atoms. The smallest absolute Gasteiger partial charge is 0.281 e. The predicted molar refractivity (Wildman–Crippen MR) is 132 cm³/mol. The van der Waals surface area contributed by atoms with Crippen molar-refractivity contribution in [2.45, 2.75) is 58.0 Å². The molecule has 1 atom stereocenters. The van der Waals surface area contributed by atoms with Crippen molar-refractivity contribution < 1.29 is 8.95 Å². The van der Waals surface area contributed by atoms with Gasteiger partial charge in [-0.1, -0.05) is 61.3 Å². The van der Waals surface area contributed by atoms with Gasteiger partial charge in [-0.2, -0.15) is 10.1 Å². The summed E-state index contributed by atoms with van der Waals surface area (Å²) in [6, 6.07) is 7.59. The molecule has 0 saturated carbocycles. The van der Waals surface area contributed by atoms with E-state index in [0.29, 0.717) is 23.2 Å². The van der Waals surface area contributed by atoms with Crippen molar-refractivity contribution in [3.05, 3.63) is 74.5 Å². The maximum Gasteiger partial charge on any atom is 0.281 e. The second-order valence-corrected chi connectivity index (χ2v) is 15.2. The minimum absolute atomic E-state index is 0.0272. The summed E-state index contributed by atoms with van der Waals surface area (Å²) in [5, 5.41) is 13.0. The third-order valence-corrected chi connectivity index (χ3v) is 11.2. The first-order chi connectivity index (χ1) is 15.9. The fraction of sp³-hybridized carbons (Fsp3) is 0.409. The summed E-state index contributed by atoms with van der Waals surface area (Å²) in [5.74, 6) is 0.763. The maximum absolute atomic E-state index is 12.7. The molecule has 0 N–H and O–H groups in total. The van der Waals surface area contributed by atoms with Crippen LogP contribution in [0, 0.1) is 0 Å². The van der Waals surface area contributed by atoms with Crippen molar-refractivity contribution in [3.63, 3.8) is 0 Å². The van der Waals surface area contributed by atoms with E-state index in [1.54, 1.807) is 0 Å². The Morgan fingerprint density at radius 2 is 1.85 bits per heavy atom. The number of hydrogen-bond acceptors (Lipinski definition) is 7. The Morgan fingerprint density at radius 3 is 2.53 bits per heavy atom. The lowest BCUT2D eigenvalue weighted by atomic mass is 10.1. The van der Waals surface area contributed by atoms with E-state index in [0.717, 1.165) is 5.56 Å². The van der Waals surface area contributed by atoms with E-state index in [1.807, 2.05) is 24.3 Å². The zero-order chi connectivity index (χ0) is 24.7. The number of hydrogen-bond donors (Lipinski definition) is 0. The molecule has 3 aromatic heterocycles. The summed E-state index contributed by atoms with van der Waals surface area (Å²) in [5.41, 5.74) is 0.831. The summed E-state index contributed by atoms with van der Waals surface area (Å²) in [6.45, 7) is 11.1. The molecule has 0 amide bonds. The van der Waals surface area contributed by atoms with E-state index in [4.69, 9.17) is 32.2 Å². The molecule has 0 aliphatic rings. The van der Waals surface area contributed by atoms with Gasteiger partial charge in [-0.05, 0) is 35.8 Å². The van der Waals surface area contributed by atoms with Crippen molar-refractivity contribution >= 4 is 37.0 Å². The van der Waals surface area contributed by atoms with E-state index in [9.17, 15) is 4.79 Å². The third kappa shape index (κ3) is 5.09. The van der Waals surface area contributed by atoms with E-state index >= 15 is 0 Å². The maximum atomic E-state index is 12.7. The summed E-state index contributed by atoms with van der Waals surface area (Å²) in [6.07, 6.45) is 2.85. The van der Waals surface area contributed by atoms with Crippen LogP contribution in [0.4, 0.5) is 0 Å². The van der Waals surface area contributed by atoms with Gasteiger partial charge in [0.05, 0.1) is 30.3 Å². The molecule has 0 aliphatic heterocycles. The Kier molecular flexibility index (Phi) is 6.69. The monoisotopic (exact) mass is 520 g/mol. The molecule has 4 aromatic rings. The molecule has 0 aliphatic carbocycles. The quantitative estimate of drug-likeness (QED) is 0.318. The lowest BCUT2D eigenvalue weighted by molar-refractivity contribution is 0.170. The molecule has 34 heavy (non-hydrogen) atoms. The lowest BCUT2D eigenvalue weighted by Crippen LogP contribution is -2.42. The average molecular weight is 521 g/mol. The first-order valence-corrected chi connectivity index (χ1v) is 14.4. The second-order valence-electron chi connectivity index (χ2n) is 9.62. The Bertz CT molecular complexity index is 1360. The highest BCUT2D eigenvalue weighted by Gasteiger charge is 2.39. The Balaban J connectivity index is 1.58. The van der Waals surface area contributed by atoms with Crippen LogP contribution in [-0.4, -0.2) is 37.9 Å². The van der Waals surface area contributed by atoms with Crippen LogP contribution in [0.5, 0.6) is 0 Å². The third-order valence-electron chi connectivity index (χ3n) is 6.14. The number of fused-ring (bicyclic) bond motifs is 1. The van der Waals surface area contributed by atoms with Crippen molar-refractivity contribution in [2.75, 3.05) is 0 Å². The van der Waals surface area contributed by atoms with Gasteiger partial charge in [0.2, 0.25) is 5.89 Å². The van der Waals surface area contributed by atoms with Crippen LogP contribution in [0.3, 0.4) is 0 Å². The number of rotatable bonds is 7. The fourth-order valence-corrected chi connectivity index (χ4v) is 4.80. The number of aromatic nitrogens is 6. The van der Waals surface area contributed by atoms with Crippen molar-refractivity contribution in [2.24, 2.45) is 0 Å². The summed E-state index contributed by atoms with van der Waals surface area (Å²) in [7, 11) is -2.10. The van der Waals surface area contributed by atoms with Crippen molar-refractivity contribution in [3.8, 4) is 0 Å². The van der Waals surface area contributed by atoms with Crippen LogP contribution in [0.15, 0.2) is 46.1 Å². The molecule has 4 rings (SSSR count). The van der Waals surface area contributed by atoms with Crippen LogP contribution >= 0.6 is 23.2 Å². The van der Waals surface area contributed by atoms with Gasteiger partial charge in [0.1, 0.15) is 6.33 Å². The van der Waals surface area contributed by atoms with E-state index in [2.05, 4.69) is 54.2 Å². The molecule has 0 spiro atoms. The zero-order valence-electron chi connectivity index (χ0n) is 19.6. The lowest BCUT2D eigenvalue weighted by Gasteiger charge is -2.39. The SMILES string of the molecule is CC(C)(C)[Si](C)(C)O[C@@H](Cc1nc(Cn2cnn3ncc(Cl)c3c2=O)no1)c1ccc(Cl)cc1. The van der Waals surface area contributed by atoms with Crippen LogP contribution in [-0.2, 0) is 17.4 Å². The van der Waals surface area contributed by atoms with Crippen molar-refractivity contribution in [1.29, 1.82) is 0 Å². The van der Waals surface area contributed by atoms with Crippen LogP contribution < -0.4 is 5.56 Å². The van der Waals surface area contributed by atoms with Gasteiger partial charge in [0, 0.05) is 5.02 Å². The highest BCUT2D eigenvalue weighted by atomic mass is 35.5. The largest absolute Gasteiger partial charge is 0.409 e. The first kappa shape index (κ1) is 24.6. The molecular formula is C22H26Cl2N6O3Si.